The number of hydrogen-bond acceptors (Lipinski definition) is 4. The number of halogens is 1. The van der Waals surface area contributed by atoms with Crippen molar-refractivity contribution in [1.82, 2.24) is 25.6 Å². The van der Waals surface area contributed by atoms with Gasteiger partial charge in [0, 0.05) is 5.02 Å². The zero-order chi connectivity index (χ0) is 18.0. The number of rotatable bonds is 5. The fourth-order valence-corrected chi connectivity index (χ4v) is 3.15. The van der Waals surface area contributed by atoms with E-state index < -0.39 is 0 Å². The molecule has 2 heterocycles. The SMILES string of the molecule is CC(C)C1C(=O)NCc2c(CNC(=O)Cc3cccc(Cl)c3)nnn21. The van der Waals surface area contributed by atoms with Crippen LogP contribution in [0.1, 0.15) is 36.8 Å². The van der Waals surface area contributed by atoms with Gasteiger partial charge >= 0.3 is 0 Å². The number of nitrogens with one attached hydrogen (secondary N) is 2. The van der Waals surface area contributed by atoms with Crippen LogP contribution in [-0.2, 0) is 29.1 Å². The van der Waals surface area contributed by atoms with Crippen molar-refractivity contribution in [3.63, 3.8) is 0 Å². The molecule has 0 saturated carbocycles. The molecular formula is C17H20ClN5O2. The number of amides is 2. The molecule has 0 fully saturated rings. The summed E-state index contributed by atoms with van der Waals surface area (Å²) in [6.07, 6.45) is 0.245. The Morgan fingerprint density at radius 3 is 3.00 bits per heavy atom. The Hall–Kier alpha value is -2.41. The van der Waals surface area contributed by atoms with Gasteiger partial charge in [0.05, 0.1) is 25.2 Å². The van der Waals surface area contributed by atoms with Crippen LogP contribution in [0, 0.1) is 5.92 Å². The summed E-state index contributed by atoms with van der Waals surface area (Å²) in [6.45, 7) is 4.57. The van der Waals surface area contributed by atoms with E-state index in [9.17, 15) is 9.59 Å². The Balaban J connectivity index is 1.66. The number of nitrogens with zero attached hydrogens (tertiary/aromatic N) is 3. The molecule has 0 aliphatic carbocycles. The number of carbonyl (C=O) groups excluding carboxylic acids is 2. The van der Waals surface area contributed by atoms with E-state index in [1.165, 1.54) is 0 Å². The lowest BCUT2D eigenvalue weighted by Gasteiger charge is -2.26. The Bertz CT molecular complexity index is 802. The first-order chi connectivity index (χ1) is 12.0. The van der Waals surface area contributed by atoms with Crippen LogP contribution >= 0.6 is 11.6 Å². The standard InChI is InChI=1S/C17H20ClN5O2/c1-10(2)16-17(25)20-9-14-13(21-22-23(14)16)8-19-15(24)7-11-4-3-5-12(18)6-11/h3-6,10,16H,7-9H2,1-2H3,(H,19,24)(H,20,25). The van der Waals surface area contributed by atoms with Crippen LogP contribution in [-0.4, -0.2) is 26.8 Å². The highest BCUT2D eigenvalue weighted by molar-refractivity contribution is 6.30. The topological polar surface area (TPSA) is 88.9 Å². The highest BCUT2D eigenvalue weighted by Crippen LogP contribution is 2.24. The summed E-state index contributed by atoms with van der Waals surface area (Å²) >= 11 is 5.93. The summed E-state index contributed by atoms with van der Waals surface area (Å²) in [4.78, 5) is 24.2. The first kappa shape index (κ1) is 17.4. The van der Waals surface area contributed by atoms with E-state index in [-0.39, 0.29) is 36.7 Å². The summed E-state index contributed by atoms with van der Waals surface area (Å²) in [5.41, 5.74) is 2.36. The minimum Gasteiger partial charge on any atom is -0.350 e. The van der Waals surface area contributed by atoms with Gasteiger partial charge in [-0.25, -0.2) is 4.68 Å². The second kappa shape index (κ2) is 7.23. The molecule has 1 aliphatic rings. The molecule has 0 radical (unpaired) electrons. The van der Waals surface area contributed by atoms with Crippen LogP contribution in [0.15, 0.2) is 24.3 Å². The maximum atomic E-state index is 12.1. The zero-order valence-corrected chi connectivity index (χ0v) is 14.9. The summed E-state index contributed by atoms with van der Waals surface area (Å²) in [7, 11) is 0. The van der Waals surface area contributed by atoms with Crippen molar-refractivity contribution in [1.29, 1.82) is 0 Å². The Morgan fingerprint density at radius 2 is 2.28 bits per heavy atom. The van der Waals surface area contributed by atoms with Crippen molar-refractivity contribution in [2.24, 2.45) is 5.92 Å². The molecule has 132 valence electrons. The molecular weight excluding hydrogens is 342 g/mol. The summed E-state index contributed by atoms with van der Waals surface area (Å²) in [5.74, 6) is -0.0702. The first-order valence-corrected chi connectivity index (χ1v) is 8.55. The number of aromatic nitrogens is 3. The van der Waals surface area contributed by atoms with Gasteiger partial charge in [0.15, 0.2) is 0 Å². The summed E-state index contributed by atoms with van der Waals surface area (Å²) < 4.78 is 1.67. The third-order valence-electron chi connectivity index (χ3n) is 4.17. The minimum absolute atomic E-state index is 0.0519. The summed E-state index contributed by atoms with van der Waals surface area (Å²) in [6, 6.07) is 6.84. The third-order valence-corrected chi connectivity index (χ3v) is 4.41. The average Bonchev–Trinajstić information content (AvgIpc) is 2.95. The smallest absolute Gasteiger partial charge is 0.245 e. The molecule has 8 heteroatoms. The van der Waals surface area contributed by atoms with Gasteiger partial charge in [-0.1, -0.05) is 42.8 Å². The molecule has 2 aromatic rings. The van der Waals surface area contributed by atoms with Crippen LogP contribution in [0.4, 0.5) is 0 Å². The average molecular weight is 362 g/mol. The third kappa shape index (κ3) is 3.82. The monoisotopic (exact) mass is 361 g/mol. The van der Waals surface area contributed by atoms with Gasteiger partial charge in [0.2, 0.25) is 11.8 Å². The Kier molecular flexibility index (Phi) is 5.03. The van der Waals surface area contributed by atoms with Gasteiger partial charge in [-0.2, -0.15) is 0 Å². The van der Waals surface area contributed by atoms with E-state index in [2.05, 4.69) is 20.9 Å². The molecule has 1 aromatic heterocycles. The quantitative estimate of drug-likeness (QED) is 0.846. The van der Waals surface area contributed by atoms with Crippen LogP contribution in [0.5, 0.6) is 0 Å². The van der Waals surface area contributed by atoms with Gasteiger partial charge in [-0.05, 0) is 23.6 Å². The van der Waals surface area contributed by atoms with E-state index in [4.69, 9.17) is 11.6 Å². The maximum absolute atomic E-state index is 12.1. The van der Waals surface area contributed by atoms with Crippen LogP contribution < -0.4 is 10.6 Å². The molecule has 25 heavy (non-hydrogen) atoms. The molecule has 1 atom stereocenters. The van der Waals surface area contributed by atoms with E-state index in [1.54, 1.807) is 16.8 Å². The van der Waals surface area contributed by atoms with Gasteiger partial charge < -0.3 is 10.6 Å². The number of benzene rings is 1. The van der Waals surface area contributed by atoms with Crippen LogP contribution in [0.25, 0.3) is 0 Å². The van der Waals surface area contributed by atoms with E-state index in [0.717, 1.165) is 11.3 Å². The van der Waals surface area contributed by atoms with Gasteiger partial charge in [0.1, 0.15) is 11.7 Å². The molecule has 7 nitrogen and oxygen atoms in total. The van der Waals surface area contributed by atoms with Crippen LogP contribution in [0.3, 0.4) is 0 Å². The molecule has 2 amide bonds. The minimum atomic E-state index is -0.368. The fraction of sp³-hybridized carbons (Fsp3) is 0.412. The molecule has 3 rings (SSSR count). The number of fused-ring (bicyclic) bond motifs is 1. The molecule has 1 aliphatic heterocycles. The molecule has 0 bridgehead atoms. The lowest BCUT2D eigenvalue weighted by molar-refractivity contribution is -0.127. The lowest BCUT2D eigenvalue weighted by atomic mass is 10.0. The zero-order valence-electron chi connectivity index (χ0n) is 14.1. The van der Waals surface area contributed by atoms with Crippen molar-refractivity contribution in [2.45, 2.75) is 39.4 Å². The molecule has 2 N–H and O–H groups in total. The van der Waals surface area contributed by atoms with Crippen molar-refractivity contribution >= 4 is 23.4 Å². The van der Waals surface area contributed by atoms with Crippen LogP contribution in [0.2, 0.25) is 5.02 Å². The Labute approximate surface area is 150 Å². The van der Waals surface area contributed by atoms with Crippen molar-refractivity contribution in [3.8, 4) is 0 Å². The summed E-state index contributed by atoms with van der Waals surface area (Å²) in [5, 5.41) is 14.6. The van der Waals surface area contributed by atoms with Crippen molar-refractivity contribution < 1.29 is 9.59 Å². The largest absolute Gasteiger partial charge is 0.350 e. The molecule has 1 unspecified atom stereocenters. The molecule has 0 spiro atoms. The highest BCUT2D eigenvalue weighted by Gasteiger charge is 2.32. The predicted octanol–water partition coefficient (Wildman–Crippen LogP) is 1.62. The Morgan fingerprint density at radius 1 is 1.48 bits per heavy atom. The fourth-order valence-electron chi connectivity index (χ4n) is 2.94. The van der Waals surface area contributed by atoms with Crippen molar-refractivity contribution in [2.75, 3.05) is 0 Å². The lowest BCUT2D eigenvalue weighted by Crippen LogP contribution is -2.42. The van der Waals surface area contributed by atoms with E-state index >= 15 is 0 Å². The molecule has 0 saturated heterocycles. The predicted molar refractivity (Wildman–Crippen MR) is 92.7 cm³/mol. The van der Waals surface area contributed by atoms with Gasteiger partial charge in [-0.3, -0.25) is 9.59 Å². The van der Waals surface area contributed by atoms with Crippen molar-refractivity contribution in [3.05, 3.63) is 46.2 Å². The second-order valence-corrected chi connectivity index (χ2v) is 6.85. The maximum Gasteiger partial charge on any atom is 0.245 e. The second-order valence-electron chi connectivity index (χ2n) is 6.42. The van der Waals surface area contributed by atoms with Gasteiger partial charge in [-0.15, -0.1) is 5.10 Å². The molecule has 1 aromatic carbocycles. The van der Waals surface area contributed by atoms with E-state index in [0.29, 0.717) is 17.3 Å². The first-order valence-electron chi connectivity index (χ1n) is 8.17. The number of carbonyl (C=O) groups is 2. The van der Waals surface area contributed by atoms with E-state index in [1.807, 2.05) is 26.0 Å². The van der Waals surface area contributed by atoms with Gasteiger partial charge in [0.25, 0.3) is 0 Å². The number of hydrogen-bond donors (Lipinski definition) is 2. The highest BCUT2D eigenvalue weighted by atomic mass is 35.5. The normalized spacial score (nSPS) is 16.5.